The van der Waals surface area contributed by atoms with Crippen molar-refractivity contribution in [2.75, 3.05) is 25.6 Å². The molecule has 2 rings (SSSR count). The molecule has 0 radical (unpaired) electrons. The van der Waals surface area contributed by atoms with Crippen molar-refractivity contribution in [1.29, 1.82) is 0 Å². The number of methoxy groups -OCH3 is 1. The van der Waals surface area contributed by atoms with Gasteiger partial charge in [0, 0.05) is 20.1 Å². The molecular weight excluding hydrogens is 284 g/mol. The second kappa shape index (κ2) is 8.21. The van der Waals surface area contributed by atoms with Gasteiger partial charge in [-0.05, 0) is 18.2 Å². The molecule has 118 valence electrons. The second-order valence-electron chi connectivity index (χ2n) is 4.65. The van der Waals surface area contributed by atoms with Crippen molar-refractivity contribution < 1.29 is 18.7 Å². The largest absolute Gasteiger partial charge is 0.491 e. The van der Waals surface area contributed by atoms with Crippen LogP contribution in [-0.2, 0) is 11.3 Å². The predicted molar refractivity (Wildman–Crippen MR) is 83.0 cm³/mol. The van der Waals surface area contributed by atoms with Gasteiger partial charge in [0.05, 0.1) is 24.4 Å². The van der Waals surface area contributed by atoms with Gasteiger partial charge in [0.15, 0.2) is 0 Å². The molecule has 0 unspecified atom stereocenters. The lowest BCUT2D eigenvalue weighted by atomic mass is 10.2. The van der Waals surface area contributed by atoms with E-state index in [0.29, 0.717) is 36.0 Å². The number of nitrogens with one attached hydrogen (secondary N) is 1. The van der Waals surface area contributed by atoms with Gasteiger partial charge in [-0.1, -0.05) is 12.1 Å². The van der Waals surface area contributed by atoms with Gasteiger partial charge in [0.25, 0.3) is 5.91 Å². The third-order valence-corrected chi connectivity index (χ3v) is 3.00. The Balaban J connectivity index is 2.00. The van der Waals surface area contributed by atoms with E-state index in [-0.39, 0.29) is 12.5 Å². The quantitative estimate of drug-likeness (QED) is 0.731. The fourth-order valence-corrected chi connectivity index (χ4v) is 1.88. The van der Waals surface area contributed by atoms with Crippen LogP contribution in [0.3, 0.4) is 0 Å². The van der Waals surface area contributed by atoms with Gasteiger partial charge in [0.2, 0.25) is 0 Å². The number of para-hydroxylation sites is 2. The monoisotopic (exact) mass is 304 g/mol. The van der Waals surface area contributed by atoms with Crippen LogP contribution in [0.25, 0.3) is 0 Å². The molecule has 1 heterocycles. The number of amides is 1. The van der Waals surface area contributed by atoms with Crippen molar-refractivity contribution in [2.45, 2.75) is 13.0 Å². The van der Waals surface area contributed by atoms with Crippen molar-refractivity contribution in [1.82, 2.24) is 0 Å². The molecule has 6 heteroatoms. The number of carbonyl (C=O) groups excluding carboxylic acids is 1. The standard InChI is InChI=1S/C16H20N2O4/c1-20-7-4-8-21-15-6-3-2-5-14(15)18-16(19)12-9-13(10-17)22-11-12/h2-3,5-6,9,11H,4,7-8,10,17H2,1H3,(H,18,19). The molecule has 0 bridgehead atoms. The molecule has 22 heavy (non-hydrogen) atoms. The Morgan fingerprint density at radius 3 is 2.86 bits per heavy atom. The molecule has 6 nitrogen and oxygen atoms in total. The lowest BCUT2D eigenvalue weighted by molar-refractivity contribution is 0.102. The minimum Gasteiger partial charge on any atom is -0.491 e. The Bertz CT molecular complexity index is 610. The minimum absolute atomic E-state index is 0.256. The summed E-state index contributed by atoms with van der Waals surface area (Å²) in [5.74, 6) is 0.917. The van der Waals surface area contributed by atoms with E-state index in [1.807, 2.05) is 18.2 Å². The Kier molecular flexibility index (Phi) is 6.00. The summed E-state index contributed by atoms with van der Waals surface area (Å²) >= 11 is 0. The van der Waals surface area contributed by atoms with Crippen molar-refractivity contribution in [2.24, 2.45) is 5.73 Å². The third kappa shape index (κ3) is 4.34. The van der Waals surface area contributed by atoms with E-state index in [2.05, 4.69) is 5.32 Å². The van der Waals surface area contributed by atoms with Crippen LogP contribution in [0.5, 0.6) is 5.75 Å². The zero-order valence-corrected chi connectivity index (χ0v) is 12.5. The molecular formula is C16H20N2O4. The number of hydrogen-bond donors (Lipinski definition) is 2. The number of anilines is 1. The van der Waals surface area contributed by atoms with Gasteiger partial charge in [-0.25, -0.2) is 0 Å². The molecule has 0 aliphatic carbocycles. The maximum absolute atomic E-state index is 12.2. The summed E-state index contributed by atoms with van der Waals surface area (Å²) in [6.45, 7) is 1.40. The highest BCUT2D eigenvalue weighted by atomic mass is 16.5. The first-order valence-corrected chi connectivity index (χ1v) is 7.04. The first kappa shape index (κ1) is 16.1. The topological polar surface area (TPSA) is 86.7 Å². The summed E-state index contributed by atoms with van der Waals surface area (Å²) < 4.78 is 15.8. The number of benzene rings is 1. The molecule has 0 aliphatic heterocycles. The van der Waals surface area contributed by atoms with Gasteiger partial charge in [-0.3, -0.25) is 4.79 Å². The highest BCUT2D eigenvalue weighted by Gasteiger charge is 2.12. The Labute approximate surface area is 129 Å². The zero-order valence-electron chi connectivity index (χ0n) is 12.5. The van der Waals surface area contributed by atoms with Crippen LogP contribution in [0.15, 0.2) is 41.0 Å². The molecule has 0 saturated heterocycles. The molecule has 0 atom stereocenters. The minimum atomic E-state index is -0.267. The highest BCUT2D eigenvalue weighted by Crippen LogP contribution is 2.24. The Morgan fingerprint density at radius 2 is 2.14 bits per heavy atom. The number of hydrogen-bond acceptors (Lipinski definition) is 5. The number of furan rings is 1. The first-order chi connectivity index (χ1) is 10.7. The van der Waals surface area contributed by atoms with Crippen LogP contribution < -0.4 is 15.8 Å². The second-order valence-corrected chi connectivity index (χ2v) is 4.65. The number of nitrogens with two attached hydrogens (primary N) is 1. The lowest BCUT2D eigenvalue weighted by Crippen LogP contribution is -2.12. The molecule has 1 amide bonds. The van der Waals surface area contributed by atoms with E-state index in [1.54, 1.807) is 19.2 Å². The number of ether oxygens (including phenoxy) is 2. The van der Waals surface area contributed by atoms with Crippen LogP contribution >= 0.6 is 0 Å². The average molecular weight is 304 g/mol. The average Bonchev–Trinajstić information content (AvgIpc) is 3.02. The van der Waals surface area contributed by atoms with E-state index >= 15 is 0 Å². The molecule has 0 fully saturated rings. The third-order valence-electron chi connectivity index (χ3n) is 3.00. The molecule has 0 aliphatic rings. The Hall–Kier alpha value is -2.31. The van der Waals surface area contributed by atoms with Crippen molar-refractivity contribution in [3.63, 3.8) is 0 Å². The maximum atomic E-state index is 12.2. The lowest BCUT2D eigenvalue weighted by Gasteiger charge is -2.11. The summed E-state index contributed by atoms with van der Waals surface area (Å²) in [6, 6.07) is 8.90. The molecule has 0 saturated carbocycles. The van der Waals surface area contributed by atoms with Crippen LogP contribution in [-0.4, -0.2) is 26.2 Å². The van der Waals surface area contributed by atoms with Gasteiger partial charge >= 0.3 is 0 Å². The molecule has 2 aromatic rings. The fourth-order valence-electron chi connectivity index (χ4n) is 1.88. The van der Waals surface area contributed by atoms with E-state index in [0.717, 1.165) is 6.42 Å². The van der Waals surface area contributed by atoms with Crippen LogP contribution in [0, 0.1) is 0 Å². The van der Waals surface area contributed by atoms with E-state index < -0.39 is 0 Å². The van der Waals surface area contributed by atoms with Crippen LogP contribution in [0.4, 0.5) is 5.69 Å². The number of carbonyl (C=O) groups is 1. The first-order valence-electron chi connectivity index (χ1n) is 7.04. The summed E-state index contributed by atoms with van der Waals surface area (Å²) in [5, 5.41) is 2.81. The van der Waals surface area contributed by atoms with E-state index in [9.17, 15) is 4.79 Å². The van der Waals surface area contributed by atoms with Crippen molar-refractivity contribution in [3.8, 4) is 5.75 Å². The summed E-state index contributed by atoms with van der Waals surface area (Å²) in [5.41, 5.74) is 6.50. The zero-order chi connectivity index (χ0) is 15.8. The summed E-state index contributed by atoms with van der Waals surface area (Å²) in [6.07, 6.45) is 2.17. The maximum Gasteiger partial charge on any atom is 0.259 e. The van der Waals surface area contributed by atoms with Gasteiger partial charge in [-0.15, -0.1) is 0 Å². The molecule has 1 aromatic heterocycles. The molecule has 3 N–H and O–H groups in total. The fraction of sp³-hybridized carbons (Fsp3) is 0.312. The number of rotatable bonds is 8. The highest BCUT2D eigenvalue weighted by molar-refractivity contribution is 6.04. The summed E-state index contributed by atoms with van der Waals surface area (Å²) in [7, 11) is 1.65. The van der Waals surface area contributed by atoms with Crippen LogP contribution in [0.2, 0.25) is 0 Å². The molecule has 0 spiro atoms. The normalized spacial score (nSPS) is 10.5. The van der Waals surface area contributed by atoms with Crippen molar-refractivity contribution >= 4 is 11.6 Å². The Morgan fingerprint density at radius 1 is 1.32 bits per heavy atom. The SMILES string of the molecule is COCCCOc1ccccc1NC(=O)c1coc(CN)c1. The van der Waals surface area contributed by atoms with Crippen molar-refractivity contribution in [3.05, 3.63) is 47.9 Å². The smallest absolute Gasteiger partial charge is 0.259 e. The van der Waals surface area contributed by atoms with Crippen LogP contribution in [0.1, 0.15) is 22.5 Å². The predicted octanol–water partition coefficient (Wildman–Crippen LogP) is 2.41. The molecule has 1 aromatic carbocycles. The van der Waals surface area contributed by atoms with E-state index in [1.165, 1.54) is 6.26 Å². The van der Waals surface area contributed by atoms with Gasteiger partial charge in [0.1, 0.15) is 17.8 Å². The van der Waals surface area contributed by atoms with Gasteiger partial charge < -0.3 is 24.9 Å². The van der Waals surface area contributed by atoms with Gasteiger partial charge in [-0.2, -0.15) is 0 Å². The van der Waals surface area contributed by atoms with E-state index in [4.69, 9.17) is 19.6 Å². The summed E-state index contributed by atoms with van der Waals surface area (Å²) in [4.78, 5) is 12.2.